The molecule has 1 aromatic carbocycles. The van der Waals surface area contributed by atoms with Crippen molar-refractivity contribution in [3.8, 4) is 11.5 Å². The van der Waals surface area contributed by atoms with Crippen LogP contribution in [0.2, 0.25) is 0 Å². The van der Waals surface area contributed by atoms with Gasteiger partial charge in [0.15, 0.2) is 0 Å². The van der Waals surface area contributed by atoms with Gasteiger partial charge in [-0.25, -0.2) is 5.10 Å². The van der Waals surface area contributed by atoms with E-state index in [9.17, 15) is 0 Å². The van der Waals surface area contributed by atoms with Gasteiger partial charge in [-0.2, -0.15) is 0 Å². The lowest BCUT2D eigenvalue weighted by molar-refractivity contribution is 0.552. The molecule has 5 heteroatoms. The summed E-state index contributed by atoms with van der Waals surface area (Å²) in [5.74, 6) is 0.508. The standard InChI is InChI=1S/C14H13N3OS/c1-3-9-4-5-12-10(7-9)11(6-8(2)15-12)13-16-17-14(19)18-13/h4-7H,3H2,1-2H3,(H,17,19). The van der Waals surface area contributed by atoms with Gasteiger partial charge in [-0.15, -0.1) is 5.10 Å². The largest absolute Gasteiger partial charge is 0.409 e. The van der Waals surface area contributed by atoms with Gasteiger partial charge >= 0.3 is 0 Å². The van der Waals surface area contributed by atoms with Gasteiger partial charge in [-0.1, -0.05) is 13.0 Å². The van der Waals surface area contributed by atoms with Crippen LogP contribution < -0.4 is 0 Å². The monoisotopic (exact) mass is 271 g/mol. The van der Waals surface area contributed by atoms with Crippen molar-refractivity contribution in [1.82, 2.24) is 15.2 Å². The Morgan fingerprint density at radius 1 is 1.32 bits per heavy atom. The first-order valence-electron chi connectivity index (χ1n) is 6.13. The van der Waals surface area contributed by atoms with Crippen LogP contribution in [0.25, 0.3) is 22.4 Å². The van der Waals surface area contributed by atoms with Crippen LogP contribution in [0.15, 0.2) is 28.7 Å². The van der Waals surface area contributed by atoms with Crippen LogP contribution in [0.3, 0.4) is 0 Å². The zero-order valence-corrected chi connectivity index (χ0v) is 11.5. The van der Waals surface area contributed by atoms with Gasteiger partial charge in [0.2, 0.25) is 5.89 Å². The van der Waals surface area contributed by atoms with E-state index in [4.69, 9.17) is 16.6 Å². The van der Waals surface area contributed by atoms with E-state index in [0.29, 0.717) is 5.89 Å². The Bertz CT molecular complexity index is 804. The van der Waals surface area contributed by atoms with Gasteiger partial charge in [0.25, 0.3) is 4.84 Å². The SMILES string of the molecule is CCc1ccc2nc(C)cc(-c3n[nH]c(=S)o3)c2c1. The summed E-state index contributed by atoms with van der Waals surface area (Å²) in [5, 5.41) is 7.80. The molecular weight excluding hydrogens is 258 g/mol. The Morgan fingerprint density at radius 3 is 2.84 bits per heavy atom. The highest BCUT2D eigenvalue weighted by molar-refractivity contribution is 7.71. The summed E-state index contributed by atoms with van der Waals surface area (Å²) in [6.07, 6.45) is 0.979. The lowest BCUT2D eigenvalue weighted by Gasteiger charge is -2.06. The summed E-state index contributed by atoms with van der Waals surface area (Å²) in [4.78, 5) is 4.82. The highest BCUT2D eigenvalue weighted by Crippen LogP contribution is 2.28. The van der Waals surface area contributed by atoms with Crippen LogP contribution in [0, 0.1) is 11.8 Å². The maximum Gasteiger partial charge on any atom is 0.284 e. The fourth-order valence-corrected chi connectivity index (χ4v) is 2.27. The van der Waals surface area contributed by atoms with Gasteiger partial charge in [-0.3, -0.25) is 4.98 Å². The number of H-pyrrole nitrogens is 1. The average molecular weight is 271 g/mol. The average Bonchev–Trinajstić information content (AvgIpc) is 2.84. The van der Waals surface area contributed by atoms with Crippen molar-refractivity contribution in [3.05, 3.63) is 40.4 Å². The van der Waals surface area contributed by atoms with Gasteiger partial charge in [0.05, 0.1) is 5.52 Å². The van der Waals surface area contributed by atoms with E-state index in [2.05, 4.69) is 34.2 Å². The van der Waals surface area contributed by atoms with Crippen LogP contribution in [0.5, 0.6) is 0 Å². The van der Waals surface area contributed by atoms with Crippen molar-refractivity contribution in [2.45, 2.75) is 20.3 Å². The number of rotatable bonds is 2. The van der Waals surface area contributed by atoms with Crippen LogP contribution >= 0.6 is 12.2 Å². The summed E-state index contributed by atoms with van der Waals surface area (Å²) in [6, 6.07) is 8.23. The Kier molecular flexibility index (Phi) is 2.91. The Labute approximate surface area is 115 Å². The minimum Gasteiger partial charge on any atom is -0.409 e. The van der Waals surface area contributed by atoms with Gasteiger partial charge in [0, 0.05) is 16.6 Å². The predicted octanol–water partition coefficient (Wildman–Crippen LogP) is 3.82. The molecule has 3 aromatic rings. The molecular formula is C14H13N3OS. The lowest BCUT2D eigenvalue weighted by atomic mass is 10.0. The second kappa shape index (κ2) is 4.59. The molecule has 2 heterocycles. The lowest BCUT2D eigenvalue weighted by Crippen LogP contribution is -1.90. The maximum atomic E-state index is 5.43. The number of aromatic amines is 1. The summed E-state index contributed by atoms with van der Waals surface area (Å²) in [5.41, 5.74) is 4.05. The molecule has 19 heavy (non-hydrogen) atoms. The Morgan fingerprint density at radius 2 is 2.16 bits per heavy atom. The summed E-state index contributed by atoms with van der Waals surface area (Å²) < 4.78 is 5.43. The van der Waals surface area contributed by atoms with Crippen LogP contribution in [0.1, 0.15) is 18.2 Å². The van der Waals surface area contributed by atoms with Crippen molar-refractivity contribution in [2.75, 3.05) is 0 Å². The number of aromatic nitrogens is 3. The number of hydrogen-bond donors (Lipinski definition) is 1. The van der Waals surface area contributed by atoms with Crippen molar-refractivity contribution in [3.63, 3.8) is 0 Å². The Hall–Kier alpha value is -2.01. The van der Waals surface area contributed by atoms with E-state index in [-0.39, 0.29) is 4.84 Å². The molecule has 0 saturated heterocycles. The van der Waals surface area contributed by atoms with Gasteiger partial charge in [0.1, 0.15) is 0 Å². The van der Waals surface area contributed by atoms with E-state index in [1.54, 1.807) is 0 Å². The van der Waals surface area contributed by atoms with E-state index in [1.807, 2.05) is 19.1 Å². The third-order valence-electron chi connectivity index (χ3n) is 3.08. The molecule has 96 valence electrons. The number of aryl methyl sites for hydroxylation is 2. The first-order valence-corrected chi connectivity index (χ1v) is 6.54. The first-order chi connectivity index (χ1) is 9.17. The molecule has 0 fully saturated rings. The molecule has 0 aliphatic heterocycles. The normalized spacial score (nSPS) is 11.1. The van der Waals surface area contributed by atoms with E-state index < -0.39 is 0 Å². The molecule has 3 rings (SSSR count). The van der Waals surface area contributed by atoms with E-state index in [1.165, 1.54) is 5.56 Å². The minimum absolute atomic E-state index is 0.282. The van der Waals surface area contributed by atoms with Crippen LogP contribution in [-0.2, 0) is 6.42 Å². The molecule has 2 aromatic heterocycles. The fraction of sp³-hybridized carbons (Fsp3) is 0.214. The highest BCUT2D eigenvalue weighted by atomic mass is 32.1. The van der Waals surface area contributed by atoms with Crippen molar-refractivity contribution < 1.29 is 4.42 Å². The molecule has 0 bridgehead atoms. The van der Waals surface area contributed by atoms with Crippen molar-refractivity contribution >= 4 is 23.1 Å². The van der Waals surface area contributed by atoms with Crippen LogP contribution in [0.4, 0.5) is 0 Å². The molecule has 0 unspecified atom stereocenters. The second-order valence-corrected chi connectivity index (χ2v) is 4.81. The highest BCUT2D eigenvalue weighted by Gasteiger charge is 2.11. The predicted molar refractivity (Wildman–Crippen MR) is 76.5 cm³/mol. The van der Waals surface area contributed by atoms with Crippen LogP contribution in [-0.4, -0.2) is 15.2 Å². The minimum atomic E-state index is 0.282. The molecule has 0 radical (unpaired) electrons. The molecule has 0 amide bonds. The molecule has 0 aliphatic rings. The number of benzene rings is 1. The third kappa shape index (κ3) is 2.17. The summed E-state index contributed by atoms with van der Waals surface area (Å²) >= 11 is 4.94. The maximum absolute atomic E-state index is 5.43. The molecule has 0 atom stereocenters. The smallest absolute Gasteiger partial charge is 0.284 e. The number of pyridine rings is 1. The topological polar surface area (TPSA) is 54.7 Å². The van der Waals surface area contributed by atoms with Crippen molar-refractivity contribution in [2.24, 2.45) is 0 Å². The molecule has 0 aliphatic carbocycles. The van der Waals surface area contributed by atoms with Gasteiger partial charge in [-0.05, 0) is 49.3 Å². The summed E-state index contributed by atoms with van der Waals surface area (Å²) in [7, 11) is 0. The quantitative estimate of drug-likeness (QED) is 0.720. The number of nitrogens with one attached hydrogen (secondary N) is 1. The molecule has 4 nitrogen and oxygen atoms in total. The van der Waals surface area contributed by atoms with E-state index >= 15 is 0 Å². The van der Waals surface area contributed by atoms with E-state index in [0.717, 1.165) is 28.6 Å². The molecule has 1 N–H and O–H groups in total. The van der Waals surface area contributed by atoms with Gasteiger partial charge < -0.3 is 4.42 Å². The van der Waals surface area contributed by atoms with Crippen molar-refractivity contribution in [1.29, 1.82) is 0 Å². The second-order valence-electron chi connectivity index (χ2n) is 4.43. The number of fused-ring (bicyclic) bond motifs is 1. The number of hydrogen-bond acceptors (Lipinski definition) is 4. The zero-order valence-electron chi connectivity index (χ0n) is 10.7. The fourth-order valence-electron chi connectivity index (χ4n) is 2.15. The Balaban J connectivity index is 2.35. The third-order valence-corrected chi connectivity index (χ3v) is 3.25. The first kappa shape index (κ1) is 12.0. The number of nitrogens with zero attached hydrogens (tertiary/aromatic N) is 2. The zero-order chi connectivity index (χ0) is 13.4. The molecule has 0 spiro atoms. The molecule has 0 saturated carbocycles. The summed E-state index contributed by atoms with van der Waals surface area (Å²) in [6.45, 7) is 4.08.